The van der Waals surface area contributed by atoms with Gasteiger partial charge < -0.3 is 9.80 Å². The number of para-hydroxylation sites is 2. The normalized spacial score (nSPS) is 16.4. The predicted molar refractivity (Wildman–Crippen MR) is 76.0 cm³/mol. The third-order valence-corrected chi connectivity index (χ3v) is 3.55. The van der Waals surface area contributed by atoms with Crippen LogP contribution in [0.25, 0.3) is 0 Å². The highest BCUT2D eigenvalue weighted by atomic mass is 15.2. The number of anilines is 2. The van der Waals surface area contributed by atoms with E-state index in [4.69, 9.17) is 0 Å². The molecular weight excluding hydrogens is 208 g/mol. The number of hydrogen-bond donors (Lipinski definition) is 0. The van der Waals surface area contributed by atoms with Crippen molar-refractivity contribution in [1.82, 2.24) is 0 Å². The summed E-state index contributed by atoms with van der Waals surface area (Å²) in [7, 11) is 0. The largest absolute Gasteiger partial charge is 0.367 e. The molecule has 0 saturated heterocycles. The van der Waals surface area contributed by atoms with Crippen LogP contribution in [0, 0.1) is 0 Å². The summed E-state index contributed by atoms with van der Waals surface area (Å²) in [6.07, 6.45) is 1.24. The minimum absolute atomic E-state index is 0.572. The maximum absolute atomic E-state index is 2.53. The Hall–Kier alpha value is -1.18. The van der Waals surface area contributed by atoms with Crippen molar-refractivity contribution in [2.24, 2.45) is 0 Å². The summed E-state index contributed by atoms with van der Waals surface area (Å²) in [6, 6.07) is 9.97. The average Bonchev–Trinajstić information content (AvgIpc) is 2.48. The van der Waals surface area contributed by atoms with Gasteiger partial charge in [-0.1, -0.05) is 12.1 Å². The van der Waals surface area contributed by atoms with Crippen LogP contribution in [0.5, 0.6) is 0 Å². The van der Waals surface area contributed by atoms with Gasteiger partial charge in [-0.25, -0.2) is 0 Å². The lowest BCUT2D eigenvalue weighted by molar-refractivity contribution is 0.637. The van der Waals surface area contributed by atoms with Gasteiger partial charge in [-0.15, -0.1) is 0 Å². The molecule has 0 spiro atoms. The van der Waals surface area contributed by atoms with Crippen LogP contribution < -0.4 is 9.80 Å². The van der Waals surface area contributed by atoms with Gasteiger partial charge in [-0.05, 0) is 46.2 Å². The van der Waals surface area contributed by atoms with Crippen molar-refractivity contribution in [3.8, 4) is 0 Å². The van der Waals surface area contributed by atoms with Gasteiger partial charge in [-0.3, -0.25) is 0 Å². The van der Waals surface area contributed by atoms with Crippen molar-refractivity contribution in [3.63, 3.8) is 0 Å². The number of nitrogens with zero attached hydrogens (tertiary/aromatic N) is 2. The Morgan fingerprint density at radius 1 is 0.824 bits per heavy atom. The summed E-state index contributed by atoms with van der Waals surface area (Å²) in [5, 5.41) is 0. The lowest BCUT2D eigenvalue weighted by atomic mass is 10.2. The molecule has 1 aliphatic rings. The van der Waals surface area contributed by atoms with E-state index in [0.717, 1.165) is 13.1 Å². The lowest BCUT2D eigenvalue weighted by Gasteiger charge is -2.32. The molecule has 0 bridgehead atoms. The summed E-state index contributed by atoms with van der Waals surface area (Å²) < 4.78 is 0. The van der Waals surface area contributed by atoms with Gasteiger partial charge >= 0.3 is 0 Å². The molecule has 1 aliphatic heterocycles. The summed E-state index contributed by atoms with van der Waals surface area (Å²) in [5.41, 5.74) is 2.79. The van der Waals surface area contributed by atoms with E-state index in [-0.39, 0.29) is 0 Å². The van der Waals surface area contributed by atoms with Crippen molar-refractivity contribution in [2.45, 2.75) is 46.2 Å². The first kappa shape index (κ1) is 12.3. The van der Waals surface area contributed by atoms with Crippen LogP contribution in [0.3, 0.4) is 0 Å². The lowest BCUT2D eigenvalue weighted by Crippen LogP contribution is -2.31. The van der Waals surface area contributed by atoms with E-state index in [9.17, 15) is 0 Å². The molecule has 0 aliphatic carbocycles. The molecule has 1 heterocycles. The fraction of sp³-hybridized carbons (Fsp3) is 0.600. The smallest absolute Gasteiger partial charge is 0.0606 e. The second-order valence-corrected chi connectivity index (χ2v) is 5.42. The Balaban J connectivity index is 2.44. The number of fused-ring (bicyclic) bond motifs is 1. The number of hydrogen-bond acceptors (Lipinski definition) is 2. The van der Waals surface area contributed by atoms with Crippen LogP contribution in [0.1, 0.15) is 34.1 Å². The van der Waals surface area contributed by atoms with Crippen molar-refractivity contribution in [2.75, 3.05) is 22.9 Å². The number of benzene rings is 1. The molecule has 94 valence electrons. The number of rotatable bonds is 2. The maximum Gasteiger partial charge on any atom is 0.0606 e. The highest BCUT2D eigenvalue weighted by Crippen LogP contribution is 2.34. The van der Waals surface area contributed by atoms with Gasteiger partial charge in [0.1, 0.15) is 0 Å². The molecule has 1 aromatic rings. The topological polar surface area (TPSA) is 6.48 Å². The monoisotopic (exact) mass is 232 g/mol. The molecule has 0 fully saturated rings. The van der Waals surface area contributed by atoms with Gasteiger partial charge in [0.05, 0.1) is 11.4 Å². The zero-order valence-electron chi connectivity index (χ0n) is 11.5. The van der Waals surface area contributed by atoms with Crippen LogP contribution >= 0.6 is 0 Å². The highest BCUT2D eigenvalue weighted by Gasteiger charge is 2.22. The molecule has 0 atom stereocenters. The van der Waals surface area contributed by atoms with Crippen LogP contribution in [0.15, 0.2) is 24.3 Å². The van der Waals surface area contributed by atoms with Gasteiger partial charge in [0.2, 0.25) is 0 Å². The SMILES string of the molecule is CC(C)N1CCCN(C(C)C)c2ccccc21. The molecule has 2 nitrogen and oxygen atoms in total. The Labute approximate surface area is 105 Å². The summed E-state index contributed by atoms with van der Waals surface area (Å²) in [6.45, 7) is 11.4. The van der Waals surface area contributed by atoms with Crippen LogP contribution in [-0.2, 0) is 0 Å². The second kappa shape index (κ2) is 4.99. The van der Waals surface area contributed by atoms with E-state index in [1.807, 2.05) is 0 Å². The molecule has 0 saturated carbocycles. The molecule has 17 heavy (non-hydrogen) atoms. The molecule has 0 amide bonds. The summed E-state index contributed by atoms with van der Waals surface area (Å²) >= 11 is 0. The predicted octanol–water partition coefficient (Wildman–Crippen LogP) is 3.52. The zero-order valence-corrected chi connectivity index (χ0v) is 11.5. The molecule has 2 heteroatoms. The summed E-state index contributed by atoms with van der Waals surface area (Å²) in [4.78, 5) is 5.05. The first-order chi connectivity index (χ1) is 8.11. The third-order valence-electron chi connectivity index (χ3n) is 3.55. The van der Waals surface area contributed by atoms with Crippen LogP contribution in [-0.4, -0.2) is 25.2 Å². The van der Waals surface area contributed by atoms with E-state index in [2.05, 4.69) is 61.8 Å². The van der Waals surface area contributed by atoms with Crippen molar-refractivity contribution in [1.29, 1.82) is 0 Å². The molecule has 0 radical (unpaired) electrons. The summed E-state index contributed by atoms with van der Waals surface area (Å²) in [5.74, 6) is 0. The Morgan fingerprint density at radius 2 is 1.24 bits per heavy atom. The minimum Gasteiger partial charge on any atom is -0.367 e. The first-order valence-corrected chi connectivity index (χ1v) is 6.73. The molecule has 2 rings (SSSR count). The quantitative estimate of drug-likeness (QED) is 0.770. The first-order valence-electron chi connectivity index (χ1n) is 6.73. The van der Waals surface area contributed by atoms with E-state index in [0.29, 0.717) is 12.1 Å². The van der Waals surface area contributed by atoms with Crippen LogP contribution in [0.4, 0.5) is 11.4 Å². The minimum atomic E-state index is 0.572. The van der Waals surface area contributed by atoms with Crippen LogP contribution in [0.2, 0.25) is 0 Å². The third kappa shape index (κ3) is 2.41. The van der Waals surface area contributed by atoms with Gasteiger partial charge in [-0.2, -0.15) is 0 Å². The van der Waals surface area contributed by atoms with E-state index < -0.39 is 0 Å². The average molecular weight is 232 g/mol. The van der Waals surface area contributed by atoms with Crippen molar-refractivity contribution >= 4 is 11.4 Å². The Morgan fingerprint density at radius 3 is 1.59 bits per heavy atom. The van der Waals surface area contributed by atoms with Crippen molar-refractivity contribution < 1.29 is 0 Å². The Bertz CT molecular complexity index is 336. The zero-order chi connectivity index (χ0) is 12.4. The Kier molecular flexibility index (Phi) is 3.60. The van der Waals surface area contributed by atoms with E-state index in [1.54, 1.807) is 0 Å². The molecule has 0 aromatic heterocycles. The van der Waals surface area contributed by atoms with Gasteiger partial charge in [0, 0.05) is 25.2 Å². The maximum atomic E-state index is 2.53. The van der Waals surface area contributed by atoms with E-state index in [1.165, 1.54) is 17.8 Å². The van der Waals surface area contributed by atoms with E-state index >= 15 is 0 Å². The standard InChI is InChI=1S/C15H24N2/c1-12(2)16-10-7-11-17(13(3)4)15-9-6-5-8-14(15)16/h5-6,8-9,12-13H,7,10-11H2,1-4H3. The fourth-order valence-electron chi connectivity index (χ4n) is 2.67. The van der Waals surface area contributed by atoms with Gasteiger partial charge in [0.15, 0.2) is 0 Å². The molecular formula is C15H24N2. The molecule has 0 N–H and O–H groups in total. The van der Waals surface area contributed by atoms with Crippen molar-refractivity contribution in [3.05, 3.63) is 24.3 Å². The fourth-order valence-corrected chi connectivity index (χ4v) is 2.67. The van der Waals surface area contributed by atoms with Gasteiger partial charge in [0.25, 0.3) is 0 Å². The molecule has 0 unspecified atom stereocenters. The highest BCUT2D eigenvalue weighted by molar-refractivity contribution is 5.72. The molecule has 1 aromatic carbocycles. The second-order valence-electron chi connectivity index (χ2n) is 5.42.